The van der Waals surface area contributed by atoms with Crippen LogP contribution in [-0.4, -0.2) is 5.54 Å². The minimum absolute atomic E-state index is 0.135. The number of alkyl halides is 2. The Balaban J connectivity index is 2.34. The third-order valence-corrected chi connectivity index (χ3v) is 2.80. The first-order chi connectivity index (χ1) is 7.30. The van der Waals surface area contributed by atoms with Crippen LogP contribution in [0, 0.1) is 0 Å². The molecule has 2 rings (SSSR count). The van der Waals surface area contributed by atoms with Gasteiger partial charge in [-0.05, 0) is 26.3 Å². The van der Waals surface area contributed by atoms with Crippen molar-refractivity contribution in [1.82, 2.24) is 5.32 Å². The monoisotopic (exact) mass is 225 g/mol. The van der Waals surface area contributed by atoms with Gasteiger partial charge in [0.15, 0.2) is 0 Å². The van der Waals surface area contributed by atoms with Crippen LogP contribution in [0.2, 0.25) is 0 Å². The summed E-state index contributed by atoms with van der Waals surface area (Å²) >= 11 is 0. The van der Waals surface area contributed by atoms with Gasteiger partial charge in [0.1, 0.15) is 0 Å². The van der Waals surface area contributed by atoms with E-state index in [2.05, 4.69) is 5.32 Å². The Hall–Kier alpha value is -0.960. The highest BCUT2D eigenvalue weighted by Gasteiger charge is 2.45. The molecule has 0 aliphatic heterocycles. The zero-order valence-corrected chi connectivity index (χ0v) is 9.85. The van der Waals surface area contributed by atoms with Gasteiger partial charge in [0.25, 0.3) is 5.92 Å². The van der Waals surface area contributed by atoms with Gasteiger partial charge < -0.3 is 5.32 Å². The molecule has 1 nitrogen and oxygen atoms in total. The maximum Gasteiger partial charge on any atom is 0.275 e. The summed E-state index contributed by atoms with van der Waals surface area (Å²) in [6.45, 7) is 5.98. The predicted molar refractivity (Wildman–Crippen MR) is 60.6 cm³/mol. The summed E-state index contributed by atoms with van der Waals surface area (Å²) in [7, 11) is 0. The van der Waals surface area contributed by atoms with Crippen molar-refractivity contribution in [3.63, 3.8) is 0 Å². The maximum absolute atomic E-state index is 13.7. The highest BCUT2D eigenvalue weighted by Crippen LogP contribution is 2.47. The SMILES string of the molecule is CC(C)(C)NC1CC(F)(F)c2ccccc21. The highest BCUT2D eigenvalue weighted by atomic mass is 19.3. The lowest BCUT2D eigenvalue weighted by Gasteiger charge is -2.26. The van der Waals surface area contributed by atoms with Crippen molar-refractivity contribution >= 4 is 0 Å². The minimum Gasteiger partial charge on any atom is -0.305 e. The molecule has 1 unspecified atom stereocenters. The molecule has 0 radical (unpaired) electrons. The summed E-state index contributed by atoms with van der Waals surface area (Å²) in [5, 5.41) is 3.25. The van der Waals surface area contributed by atoms with E-state index < -0.39 is 5.92 Å². The second-order valence-corrected chi connectivity index (χ2v) is 5.44. The van der Waals surface area contributed by atoms with Crippen LogP contribution < -0.4 is 5.32 Å². The molecule has 0 amide bonds. The van der Waals surface area contributed by atoms with Crippen LogP contribution in [0.25, 0.3) is 0 Å². The molecule has 0 aromatic heterocycles. The Kier molecular flexibility index (Phi) is 2.54. The molecule has 16 heavy (non-hydrogen) atoms. The van der Waals surface area contributed by atoms with Crippen molar-refractivity contribution in [3.05, 3.63) is 35.4 Å². The van der Waals surface area contributed by atoms with Gasteiger partial charge in [-0.15, -0.1) is 0 Å². The molecule has 0 saturated carbocycles. The van der Waals surface area contributed by atoms with Gasteiger partial charge in [0.2, 0.25) is 0 Å². The first-order valence-corrected chi connectivity index (χ1v) is 5.54. The lowest BCUT2D eigenvalue weighted by Crippen LogP contribution is -2.38. The van der Waals surface area contributed by atoms with Crippen molar-refractivity contribution in [1.29, 1.82) is 0 Å². The third-order valence-electron chi connectivity index (χ3n) is 2.80. The van der Waals surface area contributed by atoms with Gasteiger partial charge in [-0.2, -0.15) is 0 Å². The Bertz CT molecular complexity index is 391. The van der Waals surface area contributed by atoms with E-state index >= 15 is 0 Å². The van der Waals surface area contributed by atoms with E-state index in [1.54, 1.807) is 12.1 Å². The molecule has 0 bridgehead atoms. The summed E-state index contributed by atoms with van der Waals surface area (Å²) in [6.07, 6.45) is -0.135. The smallest absolute Gasteiger partial charge is 0.275 e. The second-order valence-electron chi connectivity index (χ2n) is 5.44. The van der Waals surface area contributed by atoms with E-state index in [1.807, 2.05) is 26.8 Å². The molecular weight excluding hydrogens is 208 g/mol. The number of benzene rings is 1. The quantitative estimate of drug-likeness (QED) is 0.769. The summed E-state index contributed by atoms with van der Waals surface area (Å²) in [5.41, 5.74) is 0.761. The van der Waals surface area contributed by atoms with E-state index in [4.69, 9.17) is 0 Å². The van der Waals surface area contributed by atoms with Crippen LogP contribution in [0.15, 0.2) is 24.3 Å². The lowest BCUT2D eigenvalue weighted by atomic mass is 10.0. The average molecular weight is 225 g/mol. The van der Waals surface area contributed by atoms with Gasteiger partial charge in [-0.1, -0.05) is 24.3 Å². The zero-order chi connectivity index (χ0) is 12.0. The molecule has 1 N–H and O–H groups in total. The predicted octanol–water partition coefficient (Wildman–Crippen LogP) is 3.61. The van der Waals surface area contributed by atoms with Crippen LogP contribution >= 0.6 is 0 Å². The molecule has 1 aliphatic carbocycles. The molecule has 1 aromatic rings. The third kappa shape index (κ3) is 2.09. The van der Waals surface area contributed by atoms with Crippen molar-refractivity contribution in [2.45, 2.75) is 44.7 Å². The normalized spacial score (nSPS) is 23.2. The molecule has 1 atom stereocenters. The Morgan fingerprint density at radius 1 is 1.25 bits per heavy atom. The fourth-order valence-electron chi connectivity index (χ4n) is 2.26. The largest absolute Gasteiger partial charge is 0.305 e. The minimum atomic E-state index is -2.69. The highest BCUT2D eigenvalue weighted by molar-refractivity contribution is 5.38. The second kappa shape index (κ2) is 3.52. The van der Waals surface area contributed by atoms with Gasteiger partial charge in [0, 0.05) is 23.6 Å². The van der Waals surface area contributed by atoms with Crippen LogP contribution in [0.3, 0.4) is 0 Å². The molecule has 1 aromatic carbocycles. The number of fused-ring (bicyclic) bond motifs is 1. The fourth-order valence-corrected chi connectivity index (χ4v) is 2.26. The maximum atomic E-state index is 13.7. The van der Waals surface area contributed by atoms with Gasteiger partial charge in [0.05, 0.1) is 0 Å². The van der Waals surface area contributed by atoms with Crippen LogP contribution in [0.1, 0.15) is 44.4 Å². The molecule has 0 heterocycles. The van der Waals surface area contributed by atoms with Gasteiger partial charge in [-0.3, -0.25) is 0 Å². The first-order valence-electron chi connectivity index (χ1n) is 5.54. The van der Waals surface area contributed by atoms with E-state index in [1.165, 1.54) is 6.07 Å². The molecule has 0 saturated heterocycles. The molecule has 0 fully saturated rings. The Labute approximate surface area is 94.9 Å². The molecule has 3 heteroatoms. The summed E-state index contributed by atoms with van der Waals surface area (Å²) < 4.78 is 27.4. The van der Waals surface area contributed by atoms with E-state index in [9.17, 15) is 8.78 Å². The number of rotatable bonds is 1. The molecule has 1 aliphatic rings. The number of hydrogen-bond donors (Lipinski definition) is 1. The van der Waals surface area contributed by atoms with E-state index in [0.717, 1.165) is 5.56 Å². The van der Waals surface area contributed by atoms with Crippen molar-refractivity contribution in [3.8, 4) is 0 Å². The fraction of sp³-hybridized carbons (Fsp3) is 0.538. The molecule has 88 valence electrons. The number of nitrogens with one attached hydrogen (secondary N) is 1. The number of halogens is 2. The van der Waals surface area contributed by atoms with Gasteiger partial charge >= 0.3 is 0 Å². The van der Waals surface area contributed by atoms with Crippen LogP contribution in [0.5, 0.6) is 0 Å². The molecular formula is C13H17F2N. The van der Waals surface area contributed by atoms with Crippen LogP contribution in [-0.2, 0) is 5.92 Å². The van der Waals surface area contributed by atoms with E-state index in [-0.39, 0.29) is 23.6 Å². The Morgan fingerprint density at radius 2 is 1.88 bits per heavy atom. The lowest BCUT2D eigenvalue weighted by molar-refractivity contribution is -0.0104. The zero-order valence-electron chi connectivity index (χ0n) is 9.85. The van der Waals surface area contributed by atoms with E-state index in [0.29, 0.717) is 0 Å². The molecule has 0 spiro atoms. The van der Waals surface area contributed by atoms with Crippen molar-refractivity contribution in [2.24, 2.45) is 0 Å². The topological polar surface area (TPSA) is 12.0 Å². The van der Waals surface area contributed by atoms with Crippen molar-refractivity contribution in [2.75, 3.05) is 0 Å². The summed E-state index contributed by atoms with van der Waals surface area (Å²) in [6, 6.07) is 6.56. The summed E-state index contributed by atoms with van der Waals surface area (Å²) in [5.74, 6) is -2.69. The van der Waals surface area contributed by atoms with Crippen molar-refractivity contribution < 1.29 is 8.78 Å². The standard InChI is InChI=1S/C13H17F2N/c1-12(2,3)16-11-8-13(14,15)10-7-5-4-6-9(10)11/h4-7,11,16H,8H2,1-3H3. The Morgan fingerprint density at radius 3 is 2.50 bits per heavy atom. The number of hydrogen-bond acceptors (Lipinski definition) is 1. The van der Waals surface area contributed by atoms with Gasteiger partial charge in [-0.25, -0.2) is 8.78 Å². The van der Waals surface area contributed by atoms with Crippen LogP contribution in [0.4, 0.5) is 8.78 Å². The first kappa shape index (κ1) is 11.5. The summed E-state index contributed by atoms with van der Waals surface area (Å²) in [4.78, 5) is 0. The average Bonchev–Trinajstić information content (AvgIpc) is 2.37.